The summed E-state index contributed by atoms with van der Waals surface area (Å²) < 4.78 is 0. The molecular weight excluding hydrogens is 369 g/mol. The molecule has 2 heteroatoms. The highest BCUT2D eigenvalue weighted by molar-refractivity contribution is 7.74. The fourth-order valence-corrected chi connectivity index (χ4v) is 7.17. The largest absolute Gasteiger partial charge is 0.303 e. The zero-order valence-electron chi connectivity index (χ0n) is 17.4. The molecule has 2 aromatic carbocycles. The molecule has 0 saturated carbocycles. The van der Waals surface area contributed by atoms with Crippen LogP contribution >= 0.6 is 7.92 Å². The SMILES string of the molecule is CN(C)[C@H](CCC1C=CC=C1)C1=CC=CC1P(c1ccccc1)c1ccccc1. The summed E-state index contributed by atoms with van der Waals surface area (Å²) in [5.74, 6) is 0.593. The van der Waals surface area contributed by atoms with Crippen LogP contribution in [0.25, 0.3) is 0 Å². The number of allylic oxidation sites excluding steroid dienone is 7. The molecule has 0 saturated heterocycles. The van der Waals surface area contributed by atoms with Gasteiger partial charge in [0.2, 0.25) is 0 Å². The average molecular weight is 400 g/mol. The number of benzene rings is 2. The lowest BCUT2D eigenvalue weighted by molar-refractivity contribution is 0.303. The van der Waals surface area contributed by atoms with Crippen LogP contribution in [0.15, 0.2) is 109 Å². The molecule has 0 N–H and O–H groups in total. The third-order valence-corrected chi connectivity index (χ3v) is 8.62. The maximum atomic E-state index is 2.44. The molecule has 0 bridgehead atoms. The lowest BCUT2D eigenvalue weighted by Gasteiger charge is -2.34. The molecule has 0 heterocycles. The summed E-state index contributed by atoms with van der Waals surface area (Å²) in [7, 11) is 3.98. The van der Waals surface area contributed by atoms with E-state index in [1.807, 2.05) is 0 Å². The Morgan fingerprint density at radius 2 is 1.38 bits per heavy atom. The van der Waals surface area contributed by atoms with Gasteiger partial charge in [-0.25, -0.2) is 0 Å². The number of likely N-dealkylation sites (N-methyl/N-ethyl adjacent to an activating group) is 1. The smallest absolute Gasteiger partial charge is 0.0314 e. The molecule has 0 aromatic heterocycles. The van der Waals surface area contributed by atoms with Gasteiger partial charge < -0.3 is 4.90 Å². The van der Waals surface area contributed by atoms with Gasteiger partial charge in [-0.3, -0.25) is 0 Å². The van der Waals surface area contributed by atoms with Gasteiger partial charge >= 0.3 is 0 Å². The summed E-state index contributed by atoms with van der Waals surface area (Å²) in [5.41, 5.74) is 2.02. The second-order valence-corrected chi connectivity index (χ2v) is 10.4. The van der Waals surface area contributed by atoms with Crippen molar-refractivity contribution in [2.45, 2.75) is 24.5 Å². The third kappa shape index (κ3) is 4.69. The van der Waals surface area contributed by atoms with Crippen LogP contribution < -0.4 is 10.6 Å². The number of rotatable bonds is 8. The van der Waals surface area contributed by atoms with Crippen LogP contribution in [0.5, 0.6) is 0 Å². The van der Waals surface area contributed by atoms with E-state index in [0.29, 0.717) is 17.6 Å². The molecule has 2 aliphatic rings. The van der Waals surface area contributed by atoms with Crippen LogP contribution in [0.3, 0.4) is 0 Å². The third-order valence-electron chi connectivity index (χ3n) is 5.88. The molecule has 0 aliphatic heterocycles. The number of nitrogens with zero attached hydrogens (tertiary/aromatic N) is 1. The Morgan fingerprint density at radius 3 is 1.93 bits per heavy atom. The molecule has 2 aliphatic carbocycles. The molecule has 2 atom stereocenters. The molecular formula is C27H30NP. The van der Waals surface area contributed by atoms with Crippen LogP contribution in [-0.4, -0.2) is 30.7 Å². The topological polar surface area (TPSA) is 3.24 Å². The molecule has 2 aromatic rings. The zero-order chi connectivity index (χ0) is 20.1. The monoisotopic (exact) mass is 399 g/mol. The summed E-state index contributed by atoms with van der Waals surface area (Å²) in [6, 6.07) is 22.6. The van der Waals surface area contributed by atoms with E-state index in [9.17, 15) is 0 Å². The second-order valence-electron chi connectivity index (χ2n) is 8.03. The first kappa shape index (κ1) is 20.1. The summed E-state index contributed by atoms with van der Waals surface area (Å²) in [4.78, 5) is 2.41. The van der Waals surface area contributed by atoms with E-state index in [2.05, 4.69) is 122 Å². The molecule has 1 nitrogen and oxygen atoms in total. The van der Waals surface area contributed by atoms with Crippen molar-refractivity contribution in [1.29, 1.82) is 0 Å². The van der Waals surface area contributed by atoms with Crippen molar-refractivity contribution in [3.8, 4) is 0 Å². The van der Waals surface area contributed by atoms with E-state index in [-0.39, 0.29) is 0 Å². The van der Waals surface area contributed by atoms with Gasteiger partial charge in [-0.05, 0) is 57.0 Å². The Bertz CT molecular complexity index is 857. The molecule has 4 rings (SSSR count). The first-order valence-corrected chi connectivity index (χ1v) is 11.9. The molecule has 0 spiro atoms. The highest BCUT2D eigenvalue weighted by Gasteiger charge is 2.32. The Labute approximate surface area is 176 Å². The lowest BCUT2D eigenvalue weighted by atomic mass is 9.95. The second kappa shape index (κ2) is 9.53. The molecule has 0 amide bonds. The van der Waals surface area contributed by atoms with E-state index in [1.54, 1.807) is 5.57 Å². The van der Waals surface area contributed by atoms with E-state index in [0.717, 1.165) is 0 Å². The van der Waals surface area contributed by atoms with E-state index < -0.39 is 7.92 Å². The van der Waals surface area contributed by atoms with Crippen molar-refractivity contribution >= 4 is 18.5 Å². The highest BCUT2D eigenvalue weighted by atomic mass is 31.1. The van der Waals surface area contributed by atoms with Gasteiger partial charge in [0.1, 0.15) is 0 Å². The van der Waals surface area contributed by atoms with Crippen molar-refractivity contribution in [3.63, 3.8) is 0 Å². The average Bonchev–Trinajstić information content (AvgIpc) is 3.43. The van der Waals surface area contributed by atoms with E-state index in [1.165, 1.54) is 23.5 Å². The molecule has 0 fully saturated rings. The quantitative estimate of drug-likeness (QED) is 0.535. The van der Waals surface area contributed by atoms with Crippen LogP contribution in [-0.2, 0) is 0 Å². The van der Waals surface area contributed by atoms with Gasteiger partial charge in [0, 0.05) is 11.7 Å². The minimum Gasteiger partial charge on any atom is -0.303 e. The van der Waals surface area contributed by atoms with E-state index >= 15 is 0 Å². The lowest BCUT2D eigenvalue weighted by Crippen LogP contribution is -2.35. The van der Waals surface area contributed by atoms with Gasteiger partial charge in [-0.1, -0.05) is 103 Å². The van der Waals surface area contributed by atoms with Crippen LogP contribution in [0.4, 0.5) is 0 Å². The van der Waals surface area contributed by atoms with Crippen molar-refractivity contribution < 1.29 is 0 Å². The van der Waals surface area contributed by atoms with Gasteiger partial charge in [-0.15, -0.1) is 0 Å². The Hall–Kier alpha value is -2.21. The Kier molecular flexibility index (Phi) is 6.60. The molecule has 148 valence electrons. The summed E-state index contributed by atoms with van der Waals surface area (Å²) in [6.45, 7) is 0. The summed E-state index contributed by atoms with van der Waals surface area (Å²) in [5, 5.41) is 2.91. The van der Waals surface area contributed by atoms with Crippen molar-refractivity contribution in [2.75, 3.05) is 14.1 Å². The van der Waals surface area contributed by atoms with Gasteiger partial charge in [-0.2, -0.15) is 0 Å². The maximum absolute atomic E-state index is 2.44. The summed E-state index contributed by atoms with van der Waals surface area (Å²) >= 11 is 0. The van der Waals surface area contributed by atoms with Gasteiger partial charge in [0.25, 0.3) is 0 Å². The minimum atomic E-state index is -0.479. The predicted molar refractivity (Wildman–Crippen MR) is 129 cm³/mol. The first-order chi connectivity index (χ1) is 14.2. The summed E-state index contributed by atoms with van der Waals surface area (Å²) in [6.07, 6.45) is 18.5. The minimum absolute atomic E-state index is 0.455. The molecule has 29 heavy (non-hydrogen) atoms. The zero-order valence-corrected chi connectivity index (χ0v) is 18.3. The predicted octanol–water partition coefficient (Wildman–Crippen LogP) is 5.44. The fourth-order valence-electron chi connectivity index (χ4n) is 4.42. The number of hydrogen-bond donors (Lipinski definition) is 0. The molecule has 0 radical (unpaired) electrons. The van der Waals surface area contributed by atoms with Gasteiger partial charge in [0.15, 0.2) is 0 Å². The molecule has 1 unspecified atom stereocenters. The highest BCUT2D eigenvalue weighted by Crippen LogP contribution is 2.47. The van der Waals surface area contributed by atoms with Crippen LogP contribution in [0, 0.1) is 5.92 Å². The van der Waals surface area contributed by atoms with Crippen LogP contribution in [0.2, 0.25) is 0 Å². The van der Waals surface area contributed by atoms with Crippen LogP contribution in [0.1, 0.15) is 12.8 Å². The normalized spacial score (nSPS) is 19.4. The van der Waals surface area contributed by atoms with Crippen molar-refractivity contribution in [1.82, 2.24) is 4.90 Å². The number of hydrogen-bond acceptors (Lipinski definition) is 1. The van der Waals surface area contributed by atoms with Gasteiger partial charge in [0.05, 0.1) is 0 Å². The van der Waals surface area contributed by atoms with Crippen molar-refractivity contribution in [2.24, 2.45) is 5.92 Å². The Morgan fingerprint density at radius 1 is 0.793 bits per heavy atom. The fraction of sp³-hybridized carbons (Fsp3) is 0.259. The van der Waals surface area contributed by atoms with Crippen molar-refractivity contribution in [3.05, 3.63) is 109 Å². The maximum Gasteiger partial charge on any atom is 0.0314 e. The first-order valence-electron chi connectivity index (χ1n) is 10.5. The Balaban J connectivity index is 1.63. The standard InChI is InChI=1S/C27H30NP/c1-28(2)26(21-20-22-12-9-10-13-22)25-18-11-19-27(25)29(23-14-5-3-6-15-23)24-16-7-4-8-17-24/h3-19,22,26-27H,20-21H2,1-2H3/t26-,27?/m1/s1. The van der Waals surface area contributed by atoms with E-state index in [4.69, 9.17) is 0 Å².